The van der Waals surface area contributed by atoms with Gasteiger partial charge in [0.2, 0.25) is 0 Å². The zero-order valence-corrected chi connectivity index (χ0v) is 12.6. The molecule has 2 aromatic heterocycles. The number of imidazole rings is 1. The van der Waals surface area contributed by atoms with Crippen molar-refractivity contribution in [3.05, 3.63) is 53.4 Å². The number of aromatic nitrogens is 3. The number of rotatable bonds is 5. The number of aryl methyl sites for hydroxylation is 2. The Balaban J connectivity index is 1.57. The van der Waals surface area contributed by atoms with E-state index in [1.165, 1.54) is 5.52 Å². The van der Waals surface area contributed by atoms with E-state index in [4.69, 9.17) is 11.6 Å². The third kappa shape index (κ3) is 3.16. The Bertz CT molecular complexity index is 734. The van der Waals surface area contributed by atoms with Crippen molar-refractivity contribution in [2.24, 2.45) is 7.05 Å². The molecule has 0 unspecified atom stereocenters. The van der Waals surface area contributed by atoms with E-state index < -0.39 is 0 Å². The maximum Gasteiger partial charge on any atom is 0.125 e. The largest absolute Gasteiger partial charge is 0.370 e. The summed E-state index contributed by atoms with van der Waals surface area (Å²) in [6.45, 7) is 0.859. The van der Waals surface area contributed by atoms with Crippen LogP contribution in [0.5, 0.6) is 0 Å². The van der Waals surface area contributed by atoms with Crippen LogP contribution in [0.1, 0.15) is 12.2 Å². The summed E-state index contributed by atoms with van der Waals surface area (Å²) < 4.78 is 2.16. The molecule has 0 radical (unpaired) electrons. The molecule has 0 aliphatic heterocycles. The summed E-state index contributed by atoms with van der Waals surface area (Å²) in [4.78, 5) is 8.88. The number of fused-ring (bicyclic) bond motifs is 1. The predicted molar refractivity (Wildman–Crippen MR) is 86.8 cm³/mol. The SMILES string of the molecule is Cn1c(CCCNc2ccc(Cl)cn2)nc2ccccc21. The van der Waals surface area contributed by atoms with Crippen molar-refractivity contribution in [1.82, 2.24) is 14.5 Å². The topological polar surface area (TPSA) is 42.7 Å². The zero-order valence-electron chi connectivity index (χ0n) is 11.9. The van der Waals surface area contributed by atoms with Crippen molar-refractivity contribution < 1.29 is 0 Å². The van der Waals surface area contributed by atoms with Crippen molar-refractivity contribution in [3.63, 3.8) is 0 Å². The minimum Gasteiger partial charge on any atom is -0.370 e. The van der Waals surface area contributed by atoms with E-state index in [2.05, 4.69) is 39.0 Å². The van der Waals surface area contributed by atoms with Gasteiger partial charge in [0.15, 0.2) is 0 Å². The van der Waals surface area contributed by atoms with Gasteiger partial charge in [-0.05, 0) is 30.7 Å². The third-order valence-electron chi connectivity index (χ3n) is 3.49. The van der Waals surface area contributed by atoms with E-state index >= 15 is 0 Å². The van der Waals surface area contributed by atoms with Crippen LogP contribution in [-0.4, -0.2) is 21.1 Å². The van der Waals surface area contributed by atoms with Crippen molar-refractivity contribution in [3.8, 4) is 0 Å². The van der Waals surface area contributed by atoms with Gasteiger partial charge in [0.1, 0.15) is 11.6 Å². The number of para-hydroxylation sites is 2. The van der Waals surface area contributed by atoms with Crippen molar-refractivity contribution in [2.45, 2.75) is 12.8 Å². The molecule has 2 heterocycles. The molecule has 0 bridgehead atoms. The Morgan fingerprint density at radius 3 is 2.81 bits per heavy atom. The Morgan fingerprint density at radius 2 is 2.05 bits per heavy atom. The van der Waals surface area contributed by atoms with Gasteiger partial charge in [0.25, 0.3) is 0 Å². The molecule has 1 N–H and O–H groups in total. The summed E-state index contributed by atoms with van der Waals surface area (Å²) in [5, 5.41) is 3.94. The predicted octanol–water partition coefficient (Wildman–Crippen LogP) is 3.67. The van der Waals surface area contributed by atoms with Crippen LogP contribution >= 0.6 is 11.6 Å². The fourth-order valence-electron chi connectivity index (χ4n) is 2.36. The van der Waals surface area contributed by atoms with E-state index in [0.29, 0.717) is 5.02 Å². The van der Waals surface area contributed by atoms with Crippen LogP contribution in [0.4, 0.5) is 5.82 Å². The smallest absolute Gasteiger partial charge is 0.125 e. The normalized spacial score (nSPS) is 11.0. The van der Waals surface area contributed by atoms with Crippen LogP contribution in [0.25, 0.3) is 11.0 Å². The van der Waals surface area contributed by atoms with E-state index in [1.807, 2.05) is 24.3 Å². The maximum absolute atomic E-state index is 5.81. The monoisotopic (exact) mass is 300 g/mol. The summed E-state index contributed by atoms with van der Waals surface area (Å²) in [7, 11) is 2.07. The first-order valence-corrected chi connectivity index (χ1v) is 7.37. The average molecular weight is 301 g/mol. The van der Waals surface area contributed by atoms with Crippen LogP contribution in [0.2, 0.25) is 5.02 Å². The molecule has 1 aromatic carbocycles. The standard InChI is InChI=1S/C16H17ClN4/c1-21-14-6-3-2-5-13(14)20-16(21)7-4-10-18-15-9-8-12(17)11-19-15/h2-3,5-6,8-9,11H,4,7,10H2,1H3,(H,18,19). The molecule has 0 amide bonds. The van der Waals surface area contributed by atoms with Crippen molar-refractivity contribution in [2.75, 3.05) is 11.9 Å². The molecule has 0 spiro atoms. The quantitative estimate of drug-likeness (QED) is 0.731. The lowest BCUT2D eigenvalue weighted by Crippen LogP contribution is -2.06. The van der Waals surface area contributed by atoms with Gasteiger partial charge in [0.05, 0.1) is 16.1 Å². The number of hydrogen-bond acceptors (Lipinski definition) is 3. The molecule has 0 aliphatic carbocycles. The zero-order chi connectivity index (χ0) is 14.7. The van der Waals surface area contributed by atoms with Crippen molar-refractivity contribution in [1.29, 1.82) is 0 Å². The van der Waals surface area contributed by atoms with E-state index in [1.54, 1.807) is 6.20 Å². The van der Waals surface area contributed by atoms with Crippen LogP contribution in [0, 0.1) is 0 Å². The highest BCUT2D eigenvalue weighted by Gasteiger charge is 2.06. The van der Waals surface area contributed by atoms with Crippen LogP contribution < -0.4 is 5.32 Å². The highest BCUT2D eigenvalue weighted by Crippen LogP contribution is 2.15. The molecule has 108 valence electrons. The molecular weight excluding hydrogens is 284 g/mol. The first kappa shape index (κ1) is 13.9. The number of anilines is 1. The third-order valence-corrected chi connectivity index (χ3v) is 3.71. The fraction of sp³-hybridized carbons (Fsp3) is 0.250. The summed E-state index contributed by atoms with van der Waals surface area (Å²) in [6, 6.07) is 11.9. The molecule has 4 nitrogen and oxygen atoms in total. The maximum atomic E-state index is 5.81. The number of nitrogens with zero attached hydrogens (tertiary/aromatic N) is 3. The second-order valence-electron chi connectivity index (χ2n) is 4.97. The summed E-state index contributed by atoms with van der Waals surface area (Å²) in [6.07, 6.45) is 3.59. The Hall–Kier alpha value is -2.07. The minimum absolute atomic E-state index is 0.653. The second-order valence-corrected chi connectivity index (χ2v) is 5.40. The minimum atomic E-state index is 0.653. The van der Waals surface area contributed by atoms with Crippen LogP contribution in [0.15, 0.2) is 42.6 Å². The molecule has 21 heavy (non-hydrogen) atoms. The number of hydrogen-bond donors (Lipinski definition) is 1. The Morgan fingerprint density at radius 1 is 1.19 bits per heavy atom. The second kappa shape index (κ2) is 6.14. The molecule has 0 atom stereocenters. The Labute approximate surface area is 128 Å². The van der Waals surface area contributed by atoms with Gasteiger partial charge < -0.3 is 9.88 Å². The van der Waals surface area contributed by atoms with Gasteiger partial charge >= 0.3 is 0 Å². The van der Waals surface area contributed by atoms with Gasteiger partial charge in [-0.25, -0.2) is 9.97 Å². The number of halogens is 1. The molecular formula is C16H17ClN4. The van der Waals surface area contributed by atoms with Gasteiger partial charge in [-0.2, -0.15) is 0 Å². The lowest BCUT2D eigenvalue weighted by atomic mass is 10.3. The first-order chi connectivity index (χ1) is 10.2. The van der Waals surface area contributed by atoms with Crippen LogP contribution in [-0.2, 0) is 13.5 Å². The number of benzene rings is 1. The highest BCUT2D eigenvalue weighted by molar-refractivity contribution is 6.30. The number of pyridine rings is 1. The fourth-order valence-corrected chi connectivity index (χ4v) is 2.47. The van der Waals surface area contributed by atoms with Gasteiger partial charge in [-0.3, -0.25) is 0 Å². The van der Waals surface area contributed by atoms with Gasteiger partial charge in [-0.15, -0.1) is 0 Å². The van der Waals surface area contributed by atoms with E-state index in [0.717, 1.165) is 36.5 Å². The van der Waals surface area contributed by atoms with Gasteiger partial charge in [-0.1, -0.05) is 23.7 Å². The molecule has 0 fully saturated rings. The summed E-state index contributed by atoms with van der Waals surface area (Å²) >= 11 is 5.81. The summed E-state index contributed by atoms with van der Waals surface area (Å²) in [5.74, 6) is 1.96. The molecule has 0 saturated heterocycles. The molecule has 3 rings (SSSR count). The van der Waals surface area contributed by atoms with Crippen molar-refractivity contribution >= 4 is 28.5 Å². The van der Waals surface area contributed by atoms with Gasteiger partial charge in [0, 0.05) is 26.2 Å². The molecule has 0 saturated carbocycles. The molecule has 0 aliphatic rings. The summed E-state index contributed by atoms with van der Waals surface area (Å²) in [5.41, 5.74) is 2.24. The molecule has 5 heteroatoms. The Kier molecular flexibility index (Phi) is 4.06. The lowest BCUT2D eigenvalue weighted by molar-refractivity contribution is 0.752. The molecule has 3 aromatic rings. The van der Waals surface area contributed by atoms with E-state index in [-0.39, 0.29) is 0 Å². The highest BCUT2D eigenvalue weighted by atomic mass is 35.5. The average Bonchev–Trinajstić information content (AvgIpc) is 2.82. The first-order valence-electron chi connectivity index (χ1n) is 7.00. The van der Waals surface area contributed by atoms with Crippen LogP contribution in [0.3, 0.4) is 0 Å². The van der Waals surface area contributed by atoms with E-state index in [9.17, 15) is 0 Å². The number of nitrogens with one attached hydrogen (secondary N) is 1. The lowest BCUT2D eigenvalue weighted by Gasteiger charge is -2.05.